The minimum absolute atomic E-state index is 0.0829. The van der Waals surface area contributed by atoms with Gasteiger partial charge in [0.25, 0.3) is 5.91 Å². The first-order valence-corrected chi connectivity index (χ1v) is 8.99. The van der Waals surface area contributed by atoms with Gasteiger partial charge in [0.1, 0.15) is 5.75 Å². The minimum Gasteiger partial charge on any atom is -0.483 e. The lowest BCUT2D eigenvalue weighted by atomic mass is 10.2. The van der Waals surface area contributed by atoms with E-state index >= 15 is 0 Å². The summed E-state index contributed by atoms with van der Waals surface area (Å²) in [6.07, 6.45) is 6.98. The lowest BCUT2D eigenvalue weighted by Crippen LogP contribution is -2.32. The second-order valence-electron chi connectivity index (χ2n) is 6.28. The molecule has 1 fully saturated rings. The lowest BCUT2D eigenvalue weighted by molar-refractivity contribution is -0.132. The van der Waals surface area contributed by atoms with Gasteiger partial charge < -0.3 is 15.0 Å². The number of hydrogen-bond acceptors (Lipinski definition) is 4. The summed E-state index contributed by atoms with van der Waals surface area (Å²) in [6, 6.07) is 9.84. The molecule has 0 atom stereocenters. The van der Waals surface area contributed by atoms with Gasteiger partial charge in [-0.25, -0.2) is 0 Å². The lowest BCUT2D eigenvalue weighted by Gasteiger charge is -2.17. The molecule has 3 rings (SSSR count). The molecule has 1 N–H and O–H groups in total. The Morgan fingerprint density at radius 3 is 2.84 bits per heavy atom. The van der Waals surface area contributed by atoms with E-state index in [1.807, 2.05) is 46.1 Å². The fourth-order valence-corrected chi connectivity index (χ4v) is 3.01. The number of hydrogen-bond donors (Lipinski definition) is 1. The summed E-state index contributed by atoms with van der Waals surface area (Å²) in [4.78, 5) is 14.0. The monoisotopic (exact) mass is 342 g/mol. The fraction of sp³-hybridized carbons (Fsp3) is 0.474. The zero-order valence-electron chi connectivity index (χ0n) is 14.6. The molecule has 6 nitrogen and oxygen atoms in total. The Labute approximate surface area is 148 Å². The molecule has 0 aliphatic carbocycles. The number of carbonyl (C=O) groups excluding carboxylic acids is 1. The van der Waals surface area contributed by atoms with Crippen molar-refractivity contribution in [1.82, 2.24) is 20.0 Å². The molecule has 1 aliphatic rings. The molecule has 6 heteroatoms. The van der Waals surface area contributed by atoms with Gasteiger partial charge in [0.15, 0.2) is 6.61 Å². The van der Waals surface area contributed by atoms with E-state index in [2.05, 4.69) is 10.4 Å². The van der Waals surface area contributed by atoms with Crippen molar-refractivity contribution in [1.29, 1.82) is 0 Å². The molecule has 0 spiro atoms. The molecule has 0 saturated carbocycles. The van der Waals surface area contributed by atoms with Gasteiger partial charge >= 0.3 is 0 Å². The molecule has 25 heavy (non-hydrogen) atoms. The van der Waals surface area contributed by atoms with E-state index in [4.69, 9.17) is 4.74 Å². The minimum atomic E-state index is 0.0829. The first-order valence-electron chi connectivity index (χ1n) is 8.99. The van der Waals surface area contributed by atoms with Crippen LogP contribution in [0, 0.1) is 0 Å². The van der Waals surface area contributed by atoms with Gasteiger partial charge in [-0.1, -0.05) is 18.2 Å². The molecule has 0 radical (unpaired) electrons. The number of aromatic nitrogens is 2. The normalized spacial score (nSPS) is 14.0. The quantitative estimate of drug-likeness (QED) is 0.709. The van der Waals surface area contributed by atoms with Gasteiger partial charge in [0.05, 0.1) is 0 Å². The molecule has 2 heterocycles. The summed E-state index contributed by atoms with van der Waals surface area (Å²) in [6.45, 7) is 4.39. The van der Waals surface area contributed by atoms with Gasteiger partial charge in [-0.15, -0.1) is 0 Å². The van der Waals surface area contributed by atoms with E-state index < -0.39 is 0 Å². The standard InChI is InChI=1S/C19H26N4O2/c24-19(22-11-3-4-12-22)16-25-18-8-2-1-7-17(18)15-20-9-5-13-23-14-6-10-21-23/h1-2,6-8,10,14,20H,3-5,9,11-13,15-16H2. The molecule has 1 amide bonds. The van der Waals surface area contributed by atoms with Crippen molar-refractivity contribution in [2.45, 2.75) is 32.4 Å². The average molecular weight is 342 g/mol. The van der Waals surface area contributed by atoms with E-state index in [1.54, 1.807) is 6.20 Å². The van der Waals surface area contributed by atoms with Crippen LogP contribution in [-0.4, -0.2) is 46.8 Å². The summed E-state index contributed by atoms with van der Waals surface area (Å²) in [5.41, 5.74) is 1.08. The number of benzene rings is 1. The number of ether oxygens (including phenoxy) is 1. The van der Waals surface area contributed by atoms with E-state index in [0.717, 1.165) is 63.3 Å². The third-order valence-electron chi connectivity index (χ3n) is 4.40. The third-order valence-corrected chi connectivity index (χ3v) is 4.40. The number of nitrogens with one attached hydrogen (secondary N) is 1. The number of amides is 1. The van der Waals surface area contributed by atoms with Crippen molar-refractivity contribution >= 4 is 5.91 Å². The number of nitrogens with zero attached hydrogens (tertiary/aromatic N) is 3. The van der Waals surface area contributed by atoms with Crippen molar-refractivity contribution in [3.63, 3.8) is 0 Å². The highest BCUT2D eigenvalue weighted by Gasteiger charge is 2.18. The largest absolute Gasteiger partial charge is 0.483 e. The van der Waals surface area contributed by atoms with Crippen molar-refractivity contribution in [2.75, 3.05) is 26.2 Å². The summed E-state index contributed by atoms with van der Waals surface area (Å²) in [7, 11) is 0. The molecule has 1 saturated heterocycles. The van der Waals surface area contributed by atoms with Crippen LogP contribution < -0.4 is 10.1 Å². The maximum atomic E-state index is 12.1. The smallest absolute Gasteiger partial charge is 0.260 e. The second kappa shape index (κ2) is 9.22. The molecule has 134 valence electrons. The van der Waals surface area contributed by atoms with Crippen molar-refractivity contribution in [2.24, 2.45) is 0 Å². The van der Waals surface area contributed by atoms with Gasteiger partial charge in [-0.2, -0.15) is 5.10 Å². The highest BCUT2D eigenvalue weighted by molar-refractivity contribution is 5.78. The molecule has 1 aromatic heterocycles. The Kier molecular flexibility index (Phi) is 6.45. The number of likely N-dealkylation sites (tertiary alicyclic amines) is 1. The molecular weight excluding hydrogens is 316 g/mol. The van der Waals surface area contributed by atoms with Crippen LogP contribution in [0.2, 0.25) is 0 Å². The van der Waals surface area contributed by atoms with Crippen LogP contribution in [0.15, 0.2) is 42.7 Å². The Balaban J connectivity index is 1.41. The fourth-order valence-electron chi connectivity index (χ4n) is 3.01. The topological polar surface area (TPSA) is 59.4 Å². The average Bonchev–Trinajstić information content (AvgIpc) is 3.34. The molecule has 0 unspecified atom stereocenters. The molecule has 0 bridgehead atoms. The summed E-state index contributed by atoms with van der Waals surface area (Å²) in [5.74, 6) is 0.870. The second-order valence-corrected chi connectivity index (χ2v) is 6.28. The van der Waals surface area contributed by atoms with Crippen molar-refractivity contribution in [3.8, 4) is 5.75 Å². The maximum Gasteiger partial charge on any atom is 0.260 e. The third kappa shape index (κ3) is 5.32. The van der Waals surface area contributed by atoms with E-state index in [0.29, 0.717) is 0 Å². The van der Waals surface area contributed by atoms with Gasteiger partial charge in [0.2, 0.25) is 0 Å². The number of aryl methyl sites for hydroxylation is 1. The summed E-state index contributed by atoms with van der Waals surface area (Å²) < 4.78 is 7.72. The summed E-state index contributed by atoms with van der Waals surface area (Å²) in [5, 5.41) is 7.62. The first-order chi connectivity index (χ1) is 12.3. The van der Waals surface area contributed by atoms with Crippen LogP contribution in [0.3, 0.4) is 0 Å². The zero-order valence-corrected chi connectivity index (χ0v) is 14.6. The van der Waals surface area contributed by atoms with Crippen LogP contribution in [0.5, 0.6) is 5.75 Å². The highest BCUT2D eigenvalue weighted by Crippen LogP contribution is 2.18. The van der Waals surface area contributed by atoms with E-state index in [9.17, 15) is 4.79 Å². The van der Waals surface area contributed by atoms with Crippen LogP contribution in [0.25, 0.3) is 0 Å². The number of rotatable bonds is 9. The first kappa shape index (κ1) is 17.5. The van der Waals surface area contributed by atoms with Crippen LogP contribution in [0.4, 0.5) is 0 Å². The van der Waals surface area contributed by atoms with Crippen LogP contribution >= 0.6 is 0 Å². The Bertz CT molecular complexity index is 651. The molecular formula is C19H26N4O2. The predicted octanol–water partition coefficient (Wildman–Crippen LogP) is 2.06. The highest BCUT2D eigenvalue weighted by atomic mass is 16.5. The van der Waals surface area contributed by atoms with Crippen molar-refractivity contribution < 1.29 is 9.53 Å². The molecule has 1 aliphatic heterocycles. The Morgan fingerprint density at radius 2 is 2.04 bits per heavy atom. The van der Waals surface area contributed by atoms with Gasteiger partial charge in [-0.3, -0.25) is 9.48 Å². The van der Waals surface area contributed by atoms with Crippen LogP contribution in [-0.2, 0) is 17.9 Å². The zero-order chi connectivity index (χ0) is 17.3. The number of carbonyl (C=O) groups is 1. The summed E-state index contributed by atoms with van der Waals surface area (Å²) >= 11 is 0. The van der Waals surface area contributed by atoms with Gasteiger partial charge in [0, 0.05) is 44.1 Å². The SMILES string of the molecule is O=C(COc1ccccc1CNCCCn1cccn1)N1CCCC1. The Morgan fingerprint density at radius 1 is 1.20 bits per heavy atom. The van der Waals surface area contributed by atoms with Crippen LogP contribution in [0.1, 0.15) is 24.8 Å². The molecule has 2 aromatic rings. The van der Waals surface area contributed by atoms with E-state index in [-0.39, 0.29) is 12.5 Å². The maximum absolute atomic E-state index is 12.1. The van der Waals surface area contributed by atoms with Crippen molar-refractivity contribution in [3.05, 3.63) is 48.3 Å². The Hall–Kier alpha value is -2.34. The van der Waals surface area contributed by atoms with Gasteiger partial charge in [-0.05, 0) is 37.9 Å². The number of para-hydroxylation sites is 1. The van der Waals surface area contributed by atoms with E-state index in [1.165, 1.54) is 0 Å². The predicted molar refractivity (Wildman–Crippen MR) is 96.3 cm³/mol. The molecule has 1 aromatic carbocycles.